The van der Waals surface area contributed by atoms with Crippen LogP contribution in [0.2, 0.25) is 10.0 Å². The largest absolute Gasteiger partial charge is 0.352 e. The van der Waals surface area contributed by atoms with Crippen molar-refractivity contribution in [2.24, 2.45) is 0 Å². The Bertz CT molecular complexity index is 1040. The lowest BCUT2D eigenvalue weighted by molar-refractivity contribution is 0.272. The first-order valence-electron chi connectivity index (χ1n) is 9.71. The van der Waals surface area contributed by atoms with Gasteiger partial charge in [-0.1, -0.05) is 29.3 Å². The number of thiocarbonyl (C=S) groups is 1. The molecule has 0 saturated carbocycles. The Hall–Kier alpha value is -2.12. The van der Waals surface area contributed by atoms with Crippen molar-refractivity contribution in [3.05, 3.63) is 82.4 Å². The van der Waals surface area contributed by atoms with Gasteiger partial charge in [-0.05, 0) is 68.8 Å². The molecule has 30 heavy (non-hydrogen) atoms. The minimum atomic E-state index is -0.0689. The Morgan fingerprint density at radius 2 is 1.97 bits per heavy atom. The predicted octanol–water partition coefficient (Wildman–Crippen LogP) is 4.71. The third-order valence-electron chi connectivity index (χ3n) is 5.24. The van der Waals surface area contributed by atoms with Crippen LogP contribution in [0.4, 0.5) is 0 Å². The van der Waals surface area contributed by atoms with Gasteiger partial charge in [0.1, 0.15) is 0 Å². The van der Waals surface area contributed by atoms with Crippen LogP contribution in [-0.4, -0.2) is 51.6 Å². The smallest absolute Gasteiger partial charge is 0.170 e. The molecule has 2 unspecified atom stereocenters. The summed E-state index contributed by atoms with van der Waals surface area (Å²) >= 11 is 18.4. The van der Waals surface area contributed by atoms with Gasteiger partial charge < -0.3 is 19.7 Å². The van der Waals surface area contributed by atoms with Crippen molar-refractivity contribution in [2.75, 3.05) is 27.2 Å². The number of hydrogen-bond donors (Lipinski definition) is 1. The second-order valence-corrected chi connectivity index (χ2v) is 8.75. The molecule has 1 saturated heterocycles. The highest BCUT2D eigenvalue weighted by molar-refractivity contribution is 7.80. The van der Waals surface area contributed by atoms with Crippen LogP contribution < -0.4 is 5.32 Å². The maximum absolute atomic E-state index is 6.54. The lowest BCUT2D eigenvalue weighted by atomic mass is 10.0. The number of halogens is 2. The van der Waals surface area contributed by atoms with Crippen molar-refractivity contribution in [1.82, 2.24) is 24.7 Å². The number of hydrogen-bond acceptors (Lipinski definition) is 3. The second-order valence-electron chi connectivity index (χ2n) is 7.52. The van der Waals surface area contributed by atoms with Crippen LogP contribution in [-0.2, 0) is 0 Å². The van der Waals surface area contributed by atoms with Crippen LogP contribution in [0, 0.1) is 0 Å². The van der Waals surface area contributed by atoms with E-state index in [1.165, 1.54) is 0 Å². The molecule has 0 radical (unpaired) electrons. The highest BCUT2D eigenvalue weighted by Gasteiger charge is 2.41. The number of likely N-dealkylation sites (N-methyl/N-ethyl adjacent to an activating group) is 1. The molecule has 2 atom stereocenters. The lowest BCUT2D eigenvalue weighted by Gasteiger charge is -2.30. The van der Waals surface area contributed by atoms with E-state index in [0.717, 1.165) is 35.3 Å². The summed E-state index contributed by atoms with van der Waals surface area (Å²) in [6.45, 7) is 1.68. The molecule has 2 aromatic heterocycles. The van der Waals surface area contributed by atoms with Gasteiger partial charge in [0.25, 0.3) is 0 Å². The number of benzene rings is 1. The fourth-order valence-corrected chi connectivity index (χ4v) is 4.64. The van der Waals surface area contributed by atoms with E-state index in [-0.39, 0.29) is 12.1 Å². The van der Waals surface area contributed by atoms with Crippen molar-refractivity contribution in [3.63, 3.8) is 0 Å². The summed E-state index contributed by atoms with van der Waals surface area (Å²) in [7, 11) is 4.13. The minimum absolute atomic E-state index is 0.0332. The van der Waals surface area contributed by atoms with Gasteiger partial charge >= 0.3 is 0 Å². The number of aromatic nitrogens is 2. The molecule has 156 valence electrons. The van der Waals surface area contributed by atoms with E-state index >= 15 is 0 Å². The molecule has 3 aromatic rings. The molecule has 1 aliphatic rings. The molecule has 4 rings (SSSR count). The first kappa shape index (κ1) is 21.1. The van der Waals surface area contributed by atoms with Crippen LogP contribution in [0.15, 0.2) is 60.9 Å². The molecule has 0 aliphatic carbocycles. The lowest BCUT2D eigenvalue weighted by Crippen LogP contribution is -2.36. The molecule has 1 fully saturated rings. The Balaban J connectivity index is 1.80. The van der Waals surface area contributed by atoms with Crippen LogP contribution in [0.25, 0.3) is 5.69 Å². The standard InChI is InChI=1S/C22H23Cl2N5S/c1-27(2)12-13-29-21(20(26-22(29)30)17-6-3-4-10-25-17)19-7-5-11-28(19)18-9-8-15(23)14-16(18)24/h3-11,14,20-21H,12-13H2,1-2H3,(H,26,30). The normalized spacial score (nSPS) is 18.8. The van der Waals surface area contributed by atoms with Crippen LogP contribution in [0.3, 0.4) is 0 Å². The molecule has 1 aliphatic heterocycles. The fourth-order valence-electron chi connectivity index (χ4n) is 3.81. The quantitative estimate of drug-likeness (QED) is 0.539. The molecular weight excluding hydrogens is 437 g/mol. The third kappa shape index (κ3) is 4.18. The van der Waals surface area contributed by atoms with E-state index in [9.17, 15) is 0 Å². The zero-order valence-electron chi connectivity index (χ0n) is 16.8. The van der Waals surface area contributed by atoms with Crippen molar-refractivity contribution in [3.8, 4) is 5.69 Å². The molecule has 3 heterocycles. The van der Waals surface area contributed by atoms with E-state index in [4.69, 9.17) is 35.4 Å². The average Bonchev–Trinajstić information content (AvgIpc) is 3.31. The second kappa shape index (κ2) is 8.94. The molecule has 0 amide bonds. The van der Waals surface area contributed by atoms with Crippen LogP contribution in [0.1, 0.15) is 23.5 Å². The van der Waals surface area contributed by atoms with E-state index < -0.39 is 0 Å². The fraction of sp³-hybridized carbons (Fsp3) is 0.273. The van der Waals surface area contributed by atoms with E-state index in [0.29, 0.717) is 10.0 Å². The van der Waals surface area contributed by atoms with Gasteiger partial charge in [-0.15, -0.1) is 0 Å². The van der Waals surface area contributed by atoms with E-state index in [1.807, 2.05) is 48.8 Å². The van der Waals surface area contributed by atoms with Gasteiger partial charge in [-0.25, -0.2) is 0 Å². The Morgan fingerprint density at radius 1 is 1.13 bits per heavy atom. The van der Waals surface area contributed by atoms with Gasteiger partial charge in [0.2, 0.25) is 0 Å². The predicted molar refractivity (Wildman–Crippen MR) is 127 cm³/mol. The zero-order valence-corrected chi connectivity index (χ0v) is 19.1. The summed E-state index contributed by atoms with van der Waals surface area (Å²) in [5.74, 6) is 0. The Labute approximate surface area is 192 Å². The van der Waals surface area contributed by atoms with Crippen molar-refractivity contribution in [1.29, 1.82) is 0 Å². The molecule has 0 spiro atoms. The molecular formula is C22H23Cl2N5S. The zero-order chi connectivity index (χ0) is 21.3. The van der Waals surface area contributed by atoms with Gasteiger partial charge in [0.15, 0.2) is 5.11 Å². The third-order valence-corrected chi connectivity index (χ3v) is 6.13. The summed E-state index contributed by atoms with van der Waals surface area (Å²) in [4.78, 5) is 9.00. The molecule has 8 heteroatoms. The maximum atomic E-state index is 6.54. The van der Waals surface area contributed by atoms with E-state index in [2.05, 4.69) is 44.8 Å². The van der Waals surface area contributed by atoms with Crippen molar-refractivity contribution >= 4 is 40.5 Å². The highest BCUT2D eigenvalue weighted by atomic mass is 35.5. The van der Waals surface area contributed by atoms with Gasteiger partial charge in [0, 0.05) is 36.2 Å². The highest BCUT2D eigenvalue weighted by Crippen LogP contribution is 2.40. The maximum Gasteiger partial charge on any atom is 0.170 e. The number of pyridine rings is 1. The first-order valence-corrected chi connectivity index (χ1v) is 10.9. The van der Waals surface area contributed by atoms with E-state index in [1.54, 1.807) is 6.07 Å². The summed E-state index contributed by atoms with van der Waals surface area (Å²) in [6.07, 6.45) is 3.83. The van der Waals surface area contributed by atoms with Gasteiger partial charge in [-0.2, -0.15) is 0 Å². The van der Waals surface area contributed by atoms with Crippen molar-refractivity contribution in [2.45, 2.75) is 12.1 Å². The molecule has 5 nitrogen and oxygen atoms in total. The van der Waals surface area contributed by atoms with Crippen molar-refractivity contribution < 1.29 is 0 Å². The Morgan fingerprint density at radius 3 is 2.67 bits per heavy atom. The van der Waals surface area contributed by atoms with Gasteiger partial charge in [-0.3, -0.25) is 4.98 Å². The summed E-state index contributed by atoms with van der Waals surface area (Å²) < 4.78 is 2.11. The minimum Gasteiger partial charge on any atom is -0.352 e. The Kier molecular flexibility index (Phi) is 6.29. The summed E-state index contributed by atoms with van der Waals surface area (Å²) in [5, 5.41) is 5.43. The van der Waals surface area contributed by atoms with Gasteiger partial charge in [0.05, 0.1) is 28.5 Å². The summed E-state index contributed by atoms with van der Waals surface area (Å²) in [5.41, 5.74) is 2.92. The first-order chi connectivity index (χ1) is 14.5. The van der Waals surface area contributed by atoms with Crippen LogP contribution >= 0.6 is 35.4 Å². The number of nitrogens with one attached hydrogen (secondary N) is 1. The number of nitrogens with zero attached hydrogens (tertiary/aromatic N) is 4. The van der Waals surface area contributed by atoms with Crippen LogP contribution in [0.5, 0.6) is 0 Å². The molecule has 1 aromatic carbocycles. The topological polar surface area (TPSA) is 36.3 Å². The molecule has 0 bridgehead atoms. The summed E-state index contributed by atoms with van der Waals surface area (Å²) in [6, 6.07) is 15.6. The molecule has 1 N–H and O–H groups in total. The SMILES string of the molecule is CN(C)CCN1C(=S)NC(c2ccccn2)C1c1cccn1-c1ccc(Cl)cc1Cl. The monoisotopic (exact) mass is 459 g/mol. The number of rotatable bonds is 6. The average molecular weight is 460 g/mol.